The summed E-state index contributed by atoms with van der Waals surface area (Å²) in [4.78, 5) is 13.1. The molecule has 0 unspecified atom stereocenters. The highest BCUT2D eigenvalue weighted by Crippen LogP contribution is 2.48. The molecule has 0 amide bonds. The molecule has 1 heterocycles. The highest BCUT2D eigenvalue weighted by molar-refractivity contribution is 6.76. The van der Waals surface area contributed by atoms with E-state index in [0.717, 1.165) is 24.4 Å². The second-order valence-electron chi connectivity index (χ2n) is 11.1. The van der Waals surface area contributed by atoms with E-state index in [4.69, 9.17) is 4.42 Å². The number of carbonyl (C=O) groups excluding carboxylic acids is 1. The molecule has 1 fully saturated rings. The van der Waals surface area contributed by atoms with Gasteiger partial charge in [0.15, 0.2) is 0 Å². The van der Waals surface area contributed by atoms with Crippen LogP contribution >= 0.6 is 0 Å². The van der Waals surface area contributed by atoms with Crippen molar-refractivity contribution in [2.45, 2.75) is 70.1 Å². The van der Waals surface area contributed by atoms with Crippen molar-refractivity contribution in [3.63, 3.8) is 0 Å². The summed E-state index contributed by atoms with van der Waals surface area (Å²) < 4.78 is 6.27. The van der Waals surface area contributed by atoms with Crippen LogP contribution in [0, 0.1) is 11.8 Å². The van der Waals surface area contributed by atoms with Crippen LogP contribution in [0.15, 0.2) is 46.9 Å². The fourth-order valence-corrected chi connectivity index (χ4v) is 8.88. The van der Waals surface area contributed by atoms with Crippen LogP contribution in [0.5, 0.6) is 0 Å². The number of rotatable bonds is 7. The van der Waals surface area contributed by atoms with Crippen molar-refractivity contribution in [3.8, 4) is 0 Å². The molecule has 2 aromatic rings. The van der Waals surface area contributed by atoms with Gasteiger partial charge < -0.3 is 4.42 Å². The van der Waals surface area contributed by atoms with E-state index in [1.54, 1.807) is 0 Å². The molecule has 0 saturated heterocycles. The van der Waals surface area contributed by atoms with E-state index in [1.165, 1.54) is 17.7 Å². The fourth-order valence-electron chi connectivity index (χ4n) is 4.87. The molecule has 2 nitrogen and oxygen atoms in total. The minimum absolute atomic E-state index is 0.0300. The predicted molar refractivity (Wildman–Crippen MR) is 124 cm³/mol. The Morgan fingerprint density at radius 1 is 0.893 bits per heavy atom. The molecule has 1 aliphatic carbocycles. The van der Waals surface area contributed by atoms with Crippen LogP contribution in [0.1, 0.15) is 29.4 Å². The molecule has 1 aromatic carbocycles. The van der Waals surface area contributed by atoms with Crippen molar-refractivity contribution in [1.82, 2.24) is 0 Å². The third-order valence-corrected chi connectivity index (χ3v) is 9.22. The van der Waals surface area contributed by atoms with Crippen LogP contribution in [0.25, 0.3) is 0 Å². The van der Waals surface area contributed by atoms with Gasteiger partial charge in [0.25, 0.3) is 0 Å². The number of carbonyl (C=O) groups is 1. The van der Waals surface area contributed by atoms with Crippen LogP contribution < -0.4 is 0 Å². The molecule has 0 radical (unpaired) electrons. The first-order valence-electron chi connectivity index (χ1n) is 10.7. The predicted octanol–water partition coefficient (Wildman–Crippen LogP) is 6.84. The third-order valence-electron chi connectivity index (χ3n) is 5.78. The van der Waals surface area contributed by atoms with Gasteiger partial charge in [-0.05, 0) is 29.5 Å². The fraction of sp³-hybridized carbons (Fsp3) is 0.542. The Balaban J connectivity index is 1.84. The Morgan fingerprint density at radius 3 is 2.14 bits per heavy atom. The average molecular weight is 413 g/mol. The largest absolute Gasteiger partial charge is 0.465 e. The summed E-state index contributed by atoms with van der Waals surface area (Å²) >= 11 is 0. The zero-order valence-corrected chi connectivity index (χ0v) is 20.4. The van der Waals surface area contributed by atoms with Crippen molar-refractivity contribution in [2.24, 2.45) is 11.8 Å². The van der Waals surface area contributed by atoms with E-state index in [-0.39, 0.29) is 5.92 Å². The molecular weight excluding hydrogens is 376 g/mol. The molecule has 1 saturated carbocycles. The van der Waals surface area contributed by atoms with Crippen molar-refractivity contribution in [3.05, 3.63) is 59.5 Å². The number of Topliss-reactive ketones (excluding diaryl/α,β-unsaturated/α-hetero) is 1. The lowest BCUT2D eigenvalue weighted by Crippen LogP contribution is -2.32. The van der Waals surface area contributed by atoms with E-state index in [1.807, 2.05) is 6.07 Å². The second kappa shape index (κ2) is 8.15. The minimum Gasteiger partial charge on any atom is -0.465 e. The zero-order valence-electron chi connectivity index (χ0n) is 18.4. The van der Waals surface area contributed by atoms with Gasteiger partial charge in [0.1, 0.15) is 17.3 Å². The van der Waals surface area contributed by atoms with Crippen LogP contribution in [-0.4, -0.2) is 21.9 Å². The molecule has 1 aromatic heterocycles. The molecule has 4 heteroatoms. The van der Waals surface area contributed by atoms with Gasteiger partial charge in [-0.15, -0.1) is 0 Å². The zero-order chi connectivity index (χ0) is 20.5. The maximum Gasteiger partial charge on any atom is 0.144 e. The Bertz CT molecular complexity index is 796. The maximum absolute atomic E-state index is 13.1. The van der Waals surface area contributed by atoms with Gasteiger partial charge in [0.05, 0.1) is 5.92 Å². The lowest BCUT2D eigenvalue weighted by Gasteiger charge is -2.31. The van der Waals surface area contributed by atoms with Gasteiger partial charge in [-0.1, -0.05) is 81.7 Å². The van der Waals surface area contributed by atoms with Crippen molar-refractivity contribution in [1.29, 1.82) is 0 Å². The summed E-state index contributed by atoms with van der Waals surface area (Å²) in [6.07, 6.45) is 1.54. The first-order chi connectivity index (χ1) is 13.0. The topological polar surface area (TPSA) is 30.2 Å². The van der Waals surface area contributed by atoms with Gasteiger partial charge in [-0.25, -0.2) is 0 Å². The van der Waals surface area contributed by atoms with Gasteiger partial charge in [-0.2, -0.15) is 0 Å². The number of hydrogen-bond donors (Lipinski definition) is 0. The monoisotopic (exact) mass is 412 g/mol. The van der Waals surface area contributed by atoms with Crippen LogP contribution in [0.4, 0.5) is 0 Å². The highest BCUT2D eigenvalue weighted by atomic mass is 28.3. The minimum atomic E-state index is -1.28. The smallest absolute Gasteiger partial charge is 0.144 e. The lowest BCUT2D eigenvalue weighted by atomic mass is 9.90. The van der Waals surface area contributed by atoms with Crippen molar-refractivity contribution < 1.29 is 9.21 Å². The number of hydrogen-bond acceptors (Lipinski definition) is 2. The van der Waals surface area contributed by atoms with E-state index in [0.29, 0.717) is 17.6 Å². The Hall–Kier alpha value is -1.40. The molecule has 0 N–H and O–H groups in total. The standard InChI is InChI=1S/C24H36O2Si2/c1-27(2,3)16-19-15-22(25)24(21(19)17-28(4,5)6)23-13-12-20(26-23)14-18-10-8-7-9-11-18/h7-13,19,21,24H,14-17H2,1-6H3/t19-,21+,24-/m0/s1. The van der Waals surface area contributed by atoms with E-state index in [2.05, 4.69) is 75.7 Å². The summed E-state index contributed by atoms with van der Waals surface area (Å²) in [7, 11) is -2.49. The molecule has 28 heavy (non-hydrogen) atoms. The molecule has 0 spiro atoms. The molecular formula is C24H36O2Si2. The molecule has 3 atom stereocenters. The Kier molecular flexibility index (Phi) is 6.21. The average Bonchev–Trinajstić information content (AvgIpc) is 3.10. The summed E-state index contributed by atoms with van der Waals surface area (Å²) in [6.45, 7) is 14.6. The Labute approximate surface area is 172 Å². The van der Waals surface area contributed by atoms with Gasteiger partial charge >= 0.3 is 0 Å². The molecule has 0 aliphatic heterocycles. The van der Waals surface area contributed by atoms with Crippen molar-refractivity contribution >= 4 is 21.9 Å². The van der Waals surface area contributed by atoms with Crippen LogP contribution in [0.2, 0.25) is 51.4 Å². The van der Waals surface area contributed by atoms with E-state index in [9.17, 15) is 4.79 Å². The van der Waals surface area contributed by atoms with Crippen LogP contribution in [0.3, 0.4) is 0 Å². The summed E-state index contributed by atoms with van der Waals surface area (Å²) in [5, 5.41) is 0. The van der Waals surface area contributed by atoms with Gasteiger partial charge in [-0.3, -0.25) is 4.79 Å². The second-order valence-corrected chi connectivity index (χ2v) is 22.1. The van der Waals surface area contributed by atoms with Gasteiger partial charge in [0, 0.05) is 29.0 Å². The number of furan rings is 1. The normalized spacial score (nSPS) is 23.4. The third kappa shape index (κ3) is 5.57. The first kappa shape index (κ1) is 21.3. The SMILES string of the molecule is C[Si](C)(C)C[C@@H]1CC(=O)[C@@H](c2ccc(Cc3ccccc3)o2)[C@@H]1C[Si](C)(C)C. The summed E-state index contributed by atoms with van der Waals surface area (Å²) in [6, 6.07) is 17.0. The quantitative estimate of drug-likeness (QED) is 0.466. The summed E-state index contributed by atoms with van der Waals surface area (Å²) in [5.74, 6) is 3.26. The molecule has 0 bridgehead atoms. The molecule has 1 aliphatic rings. The molecule has 3 rings (SSSR count). The van der Waals surface area contributed by atoms with Crippen LogP contribution in [-0.2, 0) is 11.2 Å². The van der Waals surface area contributed by atoms with E-state index < -0.39 is 16.1 Å². The number of ketones is 1. The Morgan fingerprint density at radius 2 is 1.54 bits per heavy atom. The number of benzene rings is 1. The van der Waals surface area contributed by atoms with Gasteiger partial charge in [0.2, 0.25) is 0 Å². The highest BCUT2D eigenvalue weighted by Gasteiger charge is 2.47. The van der Waals surface area contributed by atoms with Crippen molar-refractivity contribution in [2.75, 3.05) is 0 Å². The lowest BCUT2D eigenvalue weighted by molar-refractivity contribution is -0.119. The van der Waals surface area contributed by atoms with E-state index >= 15 is 0 Å². The molecule has 152 valence electrons. The summed E-state index contributed by atoms with van der Waals surface area (Å²) in [5.41, 5.74) is 1.25. The maximum atomic E-state index is 13.1. The first-order valence-corrected chi connectivity index (χ1v) is 18.1.